The van der Waals surface area contributed by atoms with E-state index in [-0.39, 0.29) is 10.8 Å². The number of benzene rings is 2. The molecule has 1 N–H and O–H groups in total. The SMILES string of the molecule is CC(C)C(NS(=O)(=O)c1ccc2c(c1)oc1ccc(B3OC(C)(C)C(C)(C)O3)cc12)C(=O)OC(C)(C)C. The Morgan fingerprint density at radius 3 is 2.14 bits per heavy atom. The zero-order valence-corrected chi connectivity index (χ0v) is 23.8. The summed E-state index contributed by atoms with van der Waals surface area (Å²) in [6.07, 6.45) is 0. The van der Waals surface area contributed by atoms with Crippen LogP contribution in [0, 0.1) is 5.92 Å². The largest absolute Gasteiger partial charge is 0.494 e. The number of hydrogen-bond donors (Lipinski definition) is 1. The second kappa shape index (κ2) is 9.11. The van der Waals surface area contributed by atoms with E-state index in [2.05, 4.69) is 4.72 Å². The van der Waals surface area contributed by atoms with Crippen LogP contribution in [0.15, 0.2) is 45.7 Å². The number of furan rings is 1. The summed E-state index contributed by atoms with van der Waals surface area (Å²) in [4.78, 5) is 12.7. The minimum absolute atomic E-state index is 0.000512. The lowest BCUT2D eigenvalue weighted by atomic mass is 9.78. The summed E-state index contributed by atoms with van der Waals surface area (Å²) >= 11 is 0. The van der Waals surface area contributed by atoms with Gasteiger partial charge in [0.25, 0.3) is 0 Å². The van der Waals surface area contributed by atoms with Gasteiger partial charge >= 0.3 is 13.1 Å². The van der Waals surface area contributed by atoms with Crippen molar-refractivity contribution in [2.24, 2.45) is 5.92 Å². The number of ether oxygens (including phenoxy) is 1. The van der Waals surface area contributed by atoms with E-state index < -0.39 is 46.0 Å². The molecule has 1 aromatic heterocycles. The van der Waals surface area contributed by atoms with Crippen LogP contribution in [-0.2, 0) is 28.9 Å². The normalized spacial score (nSPS) is 18.6. The maximum Gasteiger partial charge on any atom is 0.494 e. The third-order valence-electron chi connectivity index (χ3n) is 6.91. The average Bonchev–Trinajstić information content (AvgIpc) is 3.22. The fourth-order valence-corrected chi connectivity index (χ4v) is 5.47. The summed E-state index contributed by atoms with van der Waals surface area (Å²) < 4.78 is 52.8. The van der Waals surface area contributed by atoms with E-state index >= 15 is 0 Å². The third-order valence-corrected chi connectivity index (χ3v) is 8.35. The summed E-state index contributed by atoms with van der Waals surface area (Å²) in [6, 6.07) is 9.33. The number of rotatable bonds is 6. The number of hydrogen-bond acceptors (Lipinski definition) is 7. The lowest BCUT2D eigenvalue weighted by Gasteiger charge is -2.32. The Hall–Kier alpha value is -2.40. The van der Waals surface area contributed by atoms with Crippen LogP contribution in [-0.4, -0.2) is 44.4 Å². The molecule has 1 fully saturated rings. The number of sulfonamides is 1. The molecule has 8 nitrogen and oxygen atoms in total. The molecule has 0 bridgehead atoms. The molecule has 4 rings (SSSR count). The highest BCUT2D eigenvalue weighted by molar-refractivity contribution is 7.89. The Kier molecular flexibility index (Phi) is 6.81. The lowest BCUT2D eigenvalue weighted by molar-refractivity contribution is -0.158. The predicted molar refractivity (Wildman–Crippen MR) is 144 cm³/mol. The van der Waals surface area contributed by atoms with Gasteiger partial charge in [0.05, 0.1) is 16.1 Å². The zero-order chi connectivity index (χ0) is 27.6. The minimum Gasteiger partial charge on any atom is -0.459 e. The predicted octanol–water partition coefficient (Wildman–Crippen LogP) is 4.53. The molecule has 2 aromatic carbocycles. The van der Waals surface area contributed by atoms with Crippen LogP contribution in [0.1, 0.15) is 62.3 Å². The van der Waals surface area contributed by atoms with Crippen molar-refractivity contribution < 1.29 is 31.7 Å². The second-order valence-corrected chi connectivity index (χ2v) is 13.7. The molecule has 1 aliphatic heterocycles. The van der Waals surface area contributed by atoms with Gasteiger partial charge < -0.3 is 18.5 Å². The molecule has 0 aliphatic carbocycles. The fourth-order valence-electron chi connectivity index (χ4n) is 4.12. The van der Waals surface area contributed by atoms with Crippen molar-refractivity contribution in [1.82, 2.24) is 4.72 Å². The first-order valence-electron chi connectivity index (χ1n) is 12.5. The summed E-state index contributed by atoms with van der Waals surface area (Å²) in [7, 11) is -4.56. The fraction of sp³-hybridized carbons (Fsp3) is 0.519. The molecule has 0 amide bonds. The van der Waals surface area contributed by atoms with Gasteiger partial charge in [-0.3, -0.25) is 4.79 Å². The van der Waals surface area contributed by atoms with Gasteiger partial charge in [-0.25, -0.2) is 8.42 Å². The molecular weight excluding hydrogens is 493 g/mol. The van der Waals surface area contributed by atoms with Gasteiger partial charge in [0.2, 0.25) is 10.0 Å². The summed E-state index contributed by atoms with van der Waals surface area (Å²) in [6.45, 7) is 16.7. The summed E-state index contributed by atoms with van der Waals surface area (Å²) in [5, 5.41) is 1.59. The van der Waals surface area contributed by atoms with E-state index in [1.54, 1.807) is 40.7 Å². The van der Waals surface area contributed by atoms with Gasteiger partial charge in [0, 0.05) is 16.8 Å². The highest BCUT2D eigenvalue weighted by Crippen LogP contribution is 2.37. The number of carbonyl (C=O) groups excluding carboxylic acids is 1. The first-order chi connectivity index (χ1) is 16.9. The van der Waals surface area contributed by atoms with Crippen LogP contribution in [0.5, 0.6) is 0 Å². The van der Waals surface area contributed by atoms with Crippen LogP contribution in [0.4, 0.5) is 0 Å². The number of fused-ring (bicyclic) bond motifs is 3. The third kappa shape index (κ3) is 5.43. The summed E-state index contributed by atoms with van der Waals surface area (Å²) in [5.41, 5.74) is 0.225. The first kappa shape index (κ1) is 27.6. The molecule has 1 aliphatic rings. The Labute approximate surface area is 219 Å². The second-order valence-electron chi connectivity index (χ2n) is 12.0. The Morgan fingerprint density at radius 2 is 1.57 bits per heavy atom. The van der Waals surface area contributed by atoms with Crippen LogP contribution >= 0.6 is 0 Å². The van der Waals surface area contributed by atoms with Crippen molar-refractivity contribution in [3.63, 3.8) is 0 Å². The van der Waals surface area contributed by atoms with E-state index in [4.69, 9.17) is 18.5 Å². The van der Waals surface area contributed by atoms with Crippen molar-refractivity contribution in [1.29, 1.82) is 0 Å². The molecule has 1 saturated heterocycles. The number of nitrogens with one attached hydrogen (secondary N) is 1. The molecule has 1 atom stereocenters. The maximum absolute atomic E-state index is 13.2. The van der Waals surface area contributed by atoms with Crippen molar-refractivity contribution in [2.45, 2.75) is 90.1 Å². The smallest absolute Gasteiger partial charge is 0.459 e. The van der Waals surface area contributed by atoms with Crippen molar-refractivity contribution in [3.8, 4) is 0 Å². The van der Waals surface area contributed by atoms with E-state index in [9.17, 15) is 13.2 Å². The monoisotopic (exact) mass is 529 g/mol. The molecule has 37 heavy (non-hydrogen) atoms. The highest BCUT2D eigenvalue weighted by Gasteiger charge is 2.51. The zero-order valence-electron chi connectivity index (χ0n) is 23.0. The van der Waals surface area contributed by atoms with E-state index in [1.807, 2.05) is 45.9 Å². The molecule has 2 heterocycles. The Bertz CT molecular complexity index is 1430. The summed E-state index contributed by atoms with van der Waals surface area (Å²) in [5.74, 6) is -0.931. The molecule has 3 aromatic rings. The first-order valence-corrected chi connectivity index (χ1v) is 14.0. The molecular formula is C27H36BNO7S. The molecule has 200 valence electrons. The van der Waals surface area contributed by atoms with Crippen molar-refractivity contribution in [2.75, 3.05) is 0 Å². The quantitative estimate of drug-likeness (QED) is 0.370. The van der Waals surface area contributed by atoms with Gasteiger partial charge in [-0.1, -0.05) is 26.0 Å². The highest BCUT2D eigenvalue weighted by atomic mass is 32.2. The lowest BCUT2D eigenvalue weighted by Crippen LogP contribution is -2.47. The Morgan fingerprint density at radius 1 is 0.946 bits per heavy atom. The van der Waals surface area contributed by atoms with Crippen LogP contribution in [0.2, 0.25) is 0 Å². The molecule has 0 spiro atoms. The molecule has 1 unspecified atom stereocenters. The van der Waals surface area contributed by atoms with Gasteiger partial charge in [0.1, 0.15) is 22.8 Å². The average molecular weight is 529 g/mol. The van der Waals surface area contributed by atoms with E-state index in [0.29, 0.717) is 11.2 Å². The van der Waals surface area contributed by atoms with Gasteiger partial charge in [-0.15, -0.1) is 0 Å². The van der Waals surface area contributed by atoms with Crippen LogP contribution in [0.3, 0.4) is 0 Å². The van der Waals surface area contributed by atoms with Gasteiger partial charge in [-0.2, -0.15) is 4.72 Å². The van der Waals surface area contributed by atoms with E-state index in [1.165, 1.54) is 12.1 Å². The van der Waals surface area contributed by atoms with E-state index in [0.717, 1.165) is 16.2 Å². The molecule has 0 radical (unpaired) electrons. The van der Waals surface area contributed by atoms with Crippen LogP contribution < -0.4 is 10.2 Å². The Balaban J connectivity index is 1.65. The van der Waals surface area contributed by atoms with Gasteiger partial charge in [-0.05, 0) is 78.0 Å². The van der Waals surface area contributed by atoms with Gasteiger partial charge in [0.15, 0.2) is 0 Å². The maximum atomic E-state index is 13.2. The minimum atomic E-state index is -4.03. The van der Waals surface area contributed by atoms with Crippen LogP contribution in [0.25, 0.3) is 21.9 Å². The van der Waals surface area contributed by atoms with Crippen molar-refractivity contribution in [3.05, 3.63) is 36.4 Å². The number of carbonyl (C=O) groups is 1. The molecule has 10 heteroatoms. The standard InChI is InChI=1S/C27H36BNO7S/c1-16(2)23(24(30)34-25(3,4)5)29-37(31,32)18-11-12-19-20-14-17(10-13-21(20)33-22(19)15-18)28-35-26(6,7)27(8,9)36-28/h10-16,23,29H,1-9H3. The molecule has 0 saturated carbocycles. The number of esters is 1. The van der Waals surface area contributed by atoms with Crippen molar-refractivity contribution >= 4 is 50.5 Å². The topological polar surface area (TPSA) is 104 Å².